The van der Waals surface area contributed by atoms with Gasteiger partial charge in [0.25, 0.3) is 0 Å². The van der Waals surface area contributed by atoms with Crippen molar-refractivity contribution >= 4 is 23.5 Å². The molecule has 1 rings (SSSR count). The lowest BCUT2D eigenvalue weighted by Gasteiger charge is -2.11. The second-order valence-corrected chi connectivity index (χ2v) is 3.48. The maximum absolute atomic E-state index is 13.0. The molecule has 0 saturated heterocycles. The largest absolute Gasteiger partial charge is 0.382 e. The number of aromatic nitrogens is 1. The van der Waals surface area contributed by atoms with Crippen molar-refractivity contribution in [2.45, 2.75) is 13.0 Å². The van der Waals surface area contributed by atoms with Crippen molar-refractivity contribution in [3.63, 3.8) is 0 Å². The molecule has 1 unspecified atom stereocenters. The number of nitrogens with two attached hydrogens (primary N) is 1. The maximum atomic E-state index is 13.0. The van der Waals surface area contributed by atoms with Crippen LogP contribution in [0.5, 0.6) is 0 Å². The number of rotatable bonds is 4. The Bertz CT molecular complexity index is 450. The van der Waals surface area contributed by atoms with Crippen molar-refractivity contribution in [3.05, 3.63) is 28.8 Å². The van der Waals surface area contributed by atoms with Gasteiger partial charge >= 0.3 is 0 Å². The molecule has 0 aliphatic heterocycles. The summed E-state index contributed by atoms with van der Waals surface area (Å²) < 4.78 is 13.0. The molecule has 0 radical (unpaired) electrons. The second kappa shape index (κ2) is 6.27. The van der Waals surface area contributed by atoms with Gasteiger partial charge in [0.05, 0.1) is 6.20 Å². The monoisotopic (exact) mass is 258 g/mol. The Morgan fingerprint density at radius 3 is 3.06 bits per heavy atom. The van der Waals surface area contributed by atoms with Crippen molar-refractivity contribution in [1.82, 2.24) is 4.98 Å². The number of hydrogen-bond acceptors (Lipinski definition) is 5. The van der Waals surface area contributed by atoms with Gasteiger partial charge in [-0.15, -0.1) is 0 Å². The predicted octanol–water partition coefficient (Wildman–Crippen LogP) is 1.31. The average molecular weight is 259 g/mol. The summed E-state index contributed by atoms with van der Waals surface area (Å²) in [7, 11) is 0. The van der Waals surface area contributed by atoms with Crippen molar-refractivity contribution in [1.29, 1.82) is 0 Å². The lowest BCUT2D eigenvalue weighted by Crippen LogP contribution is -2.17. The van der Waals surface area contributed by atoms with E-state index in [0.717, 1.165) is 12.3 Å². The Labute approximate surface area is 103 Å². The minimum absolute atomic E-state index is 0.00931. The Morgan fingerprint density at radius 1 is 1.76 bits per heavy atom. The van der Waals surface area contributed by atoms with E-state index in [1.807, 2.05) is 6.92 Å². The van der Waals surface area contributed by atoms with Crippen molar-refractivity contribution in [2.75, 3.05) is 6.54 Å². The highest BCUT2D eigenvalue weighted by Crippen LogP contribution is 2.22. The van der Waals surface area contributed by atoms with E-state index in [-0.39, 0.29) is 16.4 Å². The van der Waals surface area contributed by atoms with Gasteiger partial charge < -0.3 is 10.9 Å². The third-order valence-corrected chi connectivity index (χ3v) is 2.28. The molecule has 7 heteroatoms. The zero-order valence-electron chi connectivity index (χ0n) is 9.14. The fourth-order valence-corrected chi connectivity index (χ4v) is 1.36. The lowest BCUT2D eigenvalue weighted by atomic mass is 10.1. The minimum atomic E-state index is -1.26. The number of hydrogen-bond donors (Lipinski definition) is 2. The highest BCUT2D eigenvalue weighted by molar-refractivity contribution is 6.34. The van der Waals surface area contributed by atoms with Crippen molar-refractivity contribution in [3.8, 4) is 0 Å². The summed E-state index contributed by atoms with van der Waals surface area (Å²) in [4.78, 5) is 7.48. The summed E-state index contributed by atoms with van der Waals surface area (Å²) in [5.41, 5.74) is 0.180. The summed E-state index contributed by atoms with van der Waals surface area (Å²) in [6.45, 7) is 2.33. The van der Waals surface area contributed by atoms with E-state index >= 15 is 0 Å². The third kappa shape index (κ3) is 3.47. The molecule has 1 atom stereocenters. The van der Waals surface area contributed by atoms with E-state index in [2.05, 4.69) is 15.1 Å². The first-order valence-corrected chi connectivity index (χ1v) is 5.24. The number of aliphatic hydroxyl groups excluding tert-OH is 1. The van der Waals surface area contributed by atoms with Crippen LogP contribution in [0.1, 0.15) is 18.6 Å². The van der Waals surface area contributed by atoms with Gasteiger partial charge in [0, 0.05) is 18.3 Å². The second-order valence-electron chi connectivity index (χ2n) is 3.12. The summed E-state index contributed by atoms with van der Waals surface area (Å²) in [5, 5.41) is 13.3. The van der Waals surface area contributed by atoms with Crippen LogP contribution in [0.25, 0.3) is 0 Å². The van der Waals surface area contributed by atoms with Crippen LogP contribution in [-0.4, -0.2) is 28.6 Å². The summed E-state index contributed by atoms with van der Waals surface area (Å²) in [6, 6.07) is 1.07. The first kappa shape index (κ1) is 13.5. The van der Waals surface area contributed by atoms with Crippen LogP contribution >= 0.6 is 11.6 Å². The highest BCUT2D eigenvalue weighted by atomic mass is 35.5. The van der Waals surface area contributed by atoms with E-state index in [4.69, 9.17) is 17.4 Å². The maximum Gasteiger partial charge on any atom is 0.141 e. The molecule has 0 amide bonds. The number of aliphatic hydroxyl groups is 1. The van der Waals surface area contributed by atoms with Gasteiger partial charge in [-0.05, 0) is 13.0 Å². The average Bonchev–Trinajstić information content (AvgIpc) is 2.33. The number of nitrogens with zero attached hydrogens (tertiary/aromatic N) is 3. The number of hydrazone groups is 1. The molecule has 1 aromatic heterocycles. The number of halogens is 2. The molecule has 0 aliphatic carbocycles. The number of aliphatic imine (C=N–C) groups is 1. The van der Waals surface area contributed by atoms with Crippen LogP contribution in [0.3, 0.4) is 0 Å². The van der Waals surface area contributed by atoms with E-state index in [1.165, 1.54) is 6.21 Å². The van der Waals surface area contributed by atoms with Crippen LogP contribution in [0.4, 0.5) is 4.39 Å². The van der Waals surface area contributed by atoms with E-state index < -0.39 is 11.9 Å². The first-order chi connectivity index (χ1) is 8.10. The predicted molar refractivity (Wildman–Crippen MR) is 64.8 cm³/mol. The van der Waals surface area contributed by atoms with Gasteiger partial charge in [0.1, 0.15) is 22.8 Å². The molecule has 0 aromatic carbocycles. The molecule has 1 aromatic rings. The molecule has 0 aliphatic rings. The van der Waals surface area contributed by atoms with Crippen LogP contribution in [0.2, 0.25) is 5.15 Å². The Kier molecular flexibility index (Phi) is 4.99. The molecule has 0 fully saturated rings. The Morgan fingerprint density at radius 2 is 2.47 bits per heavy atom. The van der Waals surface area contributed by atoms with Gasteiger partial charge in [-0.2, -0.15) is 5.10 Å². The quantitative estimate of drug-likeness (QED) is 0.370. The molecule has 0 saturated carbocycles. The zero-order valence-corrected chi connectivity index (χ0v) is 9.89. The summed E-state index contributed by atoms with van der Waals surface area (Å²) in [5.74, 6) is 4.52. The van der Waals surface area contributed by atoms with Crippen LogP contribution < -0.4 is 5.84 Å². The molecular formula is C10H12ClFN4O. The molecule has 92 valence electrons. The highest BCUT2D eigenvalue weighted by Gasteiger charge is 2.18. The smallest absolute Gasteiger partial charge is 0.141 e. The van der Waals surface area contributed by atoms with Crippen molar-refractivity contribution in [2.24, 2.45) is 15.9 Å². The Balaban J connectivity index is 3.06. The fourth-order valence-electron chi connectivity index (χ4n) is 1.15. The topological polar surface area (TPSA) is 83.9 Å². The standard InChI is InChI=1S/C10H12ClFN4O/c1-2-14-5-8(16-13)9(17)7-3-6(12)4-15-10(7)11/h3-5,9,17H,2,13H2,1H3. The van der Waals surface area contributed by atoms with Gasteiger partial charge in [0.15, 0.2) is 0 Å². The van der Waals surface area contributed by atoms with Gasteiger partial charge in [-0.3, -0.25) is 4.99 Å². The van der Waals surface area contributed by atoms with Crippen LogP contribution in [0, 0.1) is 5.82 Å². The van der Waals surface area contributed by atoms with E-state index in [1.54, 1.807) is 0 Å². The molecular weight excluding hydrogens is 247 g/mol. The fraction of sp³-hybridized carbons (Fsp3) is 0.300. The summed E-state index contributed by atoms with van der Waals surface area (Å²) >= 11 is 5.75. The molecule has 5 nitrogen and oxygen atoms in total. The molecule has 0 spiro atoms. The van der Waals surface area contributed by atoms with Crippen molar-refractivity contribution < 1.29 is 9.50 Å². The van der Waals surface area contributed by atoms with Gasteiger partial charge in [-0.1, -0.05) is 11.6 Å². The minimum Gasteiger partial charge on any atom is -0.382 e. The van der Waals surface area contributed by atoms with Crippen LogP contribution in [0.15, 0.2) is 22.4 Å². The summed E-state index contributed by atoms with van der Waals surface area (Å²) in [6.07, 6.45) is 1.01. The van der Waals surface area contributed by atoms with Gasteiger partial charge in [-0.25, -0.2) is 9.37 Å². The molecule has 1 heterocycles. The van der Waals surface area contributed by atoms with E-state index in [9.17, 15) is 9.50 Å². The molecule has 0 bridgehead atoms. The molecule has 17 heavy (non-hydrogen) atoms. The van der Waals surface area contributed by atoms with Crippen LogP contribution in [-0.2, 0) is 0 Å². The first-order valence-electron chi connectivity index (χ1n) is 4.86. The number of pyridine rings is 1. The van der Waals surface area contributed by atoms with Gasteiger partial charge in [0.2, 0.25) is 0 Å². The molecule has 3 N–H and O–H groups in total. The lowest BCUT2D eigenvalue weighted by molar-refractivity contribution is 0.248. The third-order valence-electron chi connectivity index (χ3n) is 1.96. The van der Waals surface area contributed by atoms with E-state index in [0.29, 0.717) is 6.54 Å². The zero-order chi connectivity index (χ0) is 12.8. The normalized spacial score (nSPS) is 14.2. The SMILES string of the molecule is CCN=CC(=NN)C(O)c1cc(F)cnc1Cl. The Hall–Kier alpha value is -1.53.